The molecule has 0 radical (unpaired) electrons. The monoisotopic (exact) mass is 541 g/mol. The number of nitrogens with two attached hydrogens (primary N) is 1. The lowest BCUT2D eigenvalue weighted by Crippen LogP contribution is -2.43. The van der Waals surface area contributed by atoms with Crippen LogP contribution in [0.4, 0.5) is 0 Å². The van der Waals surface area contributed by atoms with Gasteiger partial charge in [-0.25, -0.2) is 0 Å². The lowest BCUT2D eigenvalue weighted by atomic mass is 10.1. The van der Waals surface area contributed by atoms with Gasteiger partial charge in [0.15, 0.2) is 5.60 Å². The lowest BCUT2D eigenvalue weighted by Gasteiger charge is -2.24. The summed E-state index contributed by atoms with van der Waals surface area (Å²) < 4.78 is 17.3. The molecule has 0 saturated carbocycles. The van der Waals surface area contributed by atoms with Crippen LogP contribution in [0, 0.1) is 0 Å². The van der Waals surface area contributed by atoms with E-state index in [4.69, 9.17) is 48.0 Å². The van der Waals surface area contributed by atoms with Crippen molar-refractivity contribution in [1.82, 2.24) is 10.4 Å². The van der Waals surface area contributed by atoms with Gasteiger partial charge < -0.3 is 30.4 Å². The lowest BCUT2D eigenvalue weighted by molar-refractivity contribution is -0.131. The van der Waals surface area contributed by atoms with Crippen LogP contribution in [0.5, 0.6) is 17.2 Å². The molecule has 36 heavy (non-hydrogen) atoms. The van der Waals surface area contributed by atoms with Gasteiger partial charge in [0.1, 0.15) is 42.7 Å². The zero-order valence-corrected chi connectivity index (χ0v) is 21.6. The van der Waals surface area contributed by atoms with Crippen molar-refractivity contribution in [3.8, 4) is 17.2 Å². The molecule has 196 valence electrons. The van der Waals surface area contributed by atoms with Gasteiger partial charge in [0.05, 0.1) is 23.7 Å². The van der Waals surface area contributed by atoms with E-state index in [1.165, 1.54) is 33.0 Å². The normalized spacial score (nSPS) is 16.9. The molecule has 0 bridgehead atoms. The number of benzene rings is 2. The maximum absolute atomic E-state index is 12.3. The van der Waals surface area contributed by atoms with E-state index in [1.54, 1.807) is 29.3 Å². The van der Waals surface area contributed by atoms with Crippen molar-refractivity contribution in [2.24, 2.45) is 5.73 Å². The second-order valence-corrected chi connectivity index (χ2v) is 9.48. The van der Waals surface area contributed by atoms with E-state index < -0.39 is 23.5 Å². The van der Waals surface area contributed by atoms with Gasteiger partial charge >= 0.3 is 0 Å². The highest BCUT2D eigenvalue weighted by Gasteiger charge is 2.30. The first-order valence-electron chi connectivity index (χ1n) is 11.1. The maximum atomic E-state index is 12.3. The summed E-state index contributed by atoms with van der Waals surface area (Å²) in [5.41, 5.74) is 4.15. The number of ether oxygens (including phenoxy) is 3. The Kier molecular flexibility index (Phi) is 9.26. The van der Waals surface area contributed by atoms with Crippen LogP contribution in [0.3, 0.4) is 0 Å². The highest BCUT2D eigenvalue weighted by atomic mass is 35.5. The number of β-amino-alcohol motifs (C(OH)–C–C–N with tert-alkyl or cyclic N) is 1. The van der Waals surface area contributed by atoms with Crippen molar-refractivity contribution in [2.45, 2.75) is 31.7 Å². The van der Waals surface area contributed by atoms with Crippen molar-refractivity contribution >= 4 is 35.0 Å². The van der Waals surface area contributed by atoms with Gasteiger partial charge in [0.2, 0.25) is 0 Å². The zero-order valence-electron chi connectivity index (χ0n) is 20.1. The number of hydroxylamine groups is 2. The molecule has 0 aromatic heterocycles. The predicted molar refractivity (Wildman–Crippen MR) is 134 cm³/mol. The maximum Gasteiger partial charge on any atom is 0.261 e. The van der Waals surface area contributed by atoms with Crippen LogP contribution in [0.1, 0.15) is 24.2 Å². The summed E-state index contributed by atoms with van der Waals surface area (Å²) in [5.74, 6) is -0.272. The number of carbonyl (C=O) groups excluding carboxylic acids is 2. The Morgan fingerprint density at radius 1 is 1.25 bits per heavy atom. The number of hydrogen-bond donors (Lipinski definition) is 3. The second-order valence-electron chi connectivity index (χ2n) is 8.64. The van der Waals surface area contributed by atoms with E-state index in [2.05, 4.69) is 5.32 Å². The Labute approximate surface area is 219 Å². The van der Waals surface area contributed by atoms with Gasteiger partial charge in [0, 0.05) is 18.1 Å². The number of nitrogens with one attached hydrogen (secondary N) is 1. The predicted octanol–water partition coefficient (Wildman–Crippen LogP) is 2.43. The standard InChI is InChI=1S/C24H29Cl2N3O7/c1-24(2,23(27)32)36-21-9-20(18(8-19(21)26)22(31)28-3)33-12-15(30)10-29-11-17(13-34-29)35-16-6-4-14(25)5-7-16/h4-9,15,17,30H,10-13H2,1-3H3,(H2,27,32)(H,28,31)/t15-,17+/m0/s1. The highest BCUT2D eigenvalue weighted by molar-refractivity contribution is 6.32. The van der Waals surface area contributed by atoms with Gasteiger partial charge in [0.25, 0.3) is 11.8 Å². The third-order valence-electron chi connectivity index (χ3n) is 5.28. The smallest absolute Gasteiger partial charge is 0.261 e. The molecule has 1 fully saturated rings. The van der Waals surface area contributed by atoms with Gasteiger partial charge in [-0.1, -0.05) is 23.2 Å². The highest BCUT2D eigenvalue weighted by Crippen LogP contribution is 2.35. The summed E-state index contributed by atoms with van der Waals surface area (Å²) in [6, 6.07) is 9.75. The largest absolute Gasteiger partial charge is 0.490 e. The summed E-state index contributed by atoms with van der Waals surface area (Å²) in [7, 11) is 1.46. The number of nitrogens with zero attached hydrogens (tertiary/aromatic N) is 1. The molecule has 12 heteroatoms. The number of primary amides is 1. The number of amides is 2. The van der Waals surface area contributed by atoms with Crippen LogP contribution in [0.15, 0.2) is 36.4 Å². The first-order chi connectivity index (χ1) is 17.0. The van der Waals surface area contributed by atoms with Gasteiger partial charge in [-0.15, -0.1) is 0 Å². The molecule has 2 aromatic carbocycles. The van der Waals surface area contributed by atoms with Crippen LogP contribution in [0.25, 0.3) is 0 Å². The fourth-order valence-corrected chi connectivity index (χ4v) is 3.60. The summed E-state index contributed by atoms with van der Waals surface area (Å²) in [4.78, 5) is 29.6. The van der Waals surface area contributed by atoms with Crippen LogP contribution in [0.2, 0.25) is 10.0 Å². The molecule has 1 aliphatic heterocycles. The summed E-state index contributed by atoms with van der Waals surface area (Å²) in [5, 5.41) is 15.3. The summed E-state index contributed by atoms with van der Waals surface area (Å²) in [6.45, 7) is 3.72. The molecule has 0 unspecified atom stereocenters. The third-order valence-corrected chi connectivity index (χ3v) is 5.82. The van der Waals surface area contributed by atoms with Crippen molar-refractivity contribution in [1.29, 1.82) is 0 Å². The number of aliphatic hydroxyl groups excluding tert-OH is 1. The molecule has 2 atom stereocenters. The molecule has 0 aliphatic carbocycles. The first kappa shape index (κ1) is 27.8. The molecule has 1 saturated heterocycles. The number of aliphatic hydroxyl groups is 1. The van der Waals surface area contributed by atoms with Crippen LogP contribution >= 0.6 is 23.2 Å². The Morgan fingerprint density at radius 3 is 2.58 bits per heavy atom. The van der Waals surface area contributed by atoms with E-state index >= 15 is 0 Å². The Balaban J connectivity index is 1.61. The minimum Gasteiger partial charge on any atom is -0.490 e. The Morgan fingerprint density at radius 2 is 1.94 bits per heavy atom. The molecule has 1 aliphatic rings. The van der Waals surface area contributed by atoms with E-state index in [9.17, 15) is 14.7 Å². The summed E-state index contributed by atoms with van der Waals surface area (Å²) >= 11 is 12.2. The van der Waals surface area contributed by atoms with Gasteiger partial charge in [-0.2, -0.15) is 5.06 Å². The number of rotatable bonds is 11. The van der Waals surface area contributed by atoms with Gasteiger partial charge in [-0.3, -0.25) is 14.4 Å². The molecule has 2 aromatic rings. The van der Waals surface area contributed by atoms with Gasteiger partial charge in [-0.05, 0) is 44.2 Å². The van der Waals surface area contributed by atoms with Crippen LogP contribution in [-0.2, 0) is 9.63 Å². The Bertz CT molecular complexity index is 1080. The molecular weight excluding hydrogens is 513 g/mol. The summed E-state index contributed by atoms with van der Waals surface area (Å²) in [6.07, 6.45) is -1.18. The number of carbonyl (C=O) groups is 2. The molecule has 2 amide bonds. The second kappa shape index (κ2) is 12.0. The number of halogens is 2. The minimum atomic E-state index is -1.35. The SMILES string of the molecule is CNC(=O)c1cc(Cl)c(OC(C)(C)C(N)=O)cc1OC[C@@H](O)CN1C[C@@H](Oc2ccc(Cl)cc2)CO1. The van der Waals surface area contributed by atoms with E-state index in [1.807, 2.05) is 0 Å². The topological polar surface area (TPSA) is 133 Å². The molecule has 4 N–H and O–H groups in total. The molecule has 1 heterocycles. The van der Waals surface area contributed by atoms with Crippen molar-refractivity contribution in [3.63, 3.8) is 0 Å². The van der Waals surface area contributed by atoms with Crippen molar-refractivity contribution in [2.75, 3.05) is 33.4 Å². The van der Waals surface area contributed by atoms with E-state index in [0.29, 0.717) is 23.9 Å². The first-order valence-corrected chi connectivity index (χ1v) is 11.9. The minimum absolute atomic E-state index is 0.0908. The molecular formula is C24H29Cl2N3O7. The van der Waals surface area contributed by atoms with Crippen molar-refractivity contribution in [3.05, 3.63) is 52.0 Å². The fraction of sp³-hybridized carbons (Fsp3) is 0.417. The average molecular weight is 542 g/mol. The third kappa shape index (κ3) is 7.37. The molecule has 0 spiro atoms. The average Bonchev–Trinajstić information content (AvgIpc) is 3.26. The van der Waals surface area contributed by atoms with Crippen LogP contribution < -0.4 is 25.3 Å². The van der Waals surface area contributed by atoms with Crippen LogP contribution in [-0.4, -0.2) is 73.1 Å². The number of hydrogen-bond acceptors (Lipinski definition) is 8. The molecule has 3 rings (SSSR count). The van der Waals surface area contributed by atoms with Crippen molar-refractivity contribution < 1.29 is 33.7 Å². The van der Waals surface area contributed by atoms with E-state index in [-0.39, 0.29) is 41.3 Å². The molecule has 10 nitrogen and oxygen atoms in total. The fourth-order valence-electron chi connectivity index (χ4n) is 3.27. The quantitative estimate of drug-likeness (QED) is 0.395. The van der Waals surface area contributed by atoms with E-state index in [0.717, 1.165) is 0 Å². The zero-order chi connectivity index (χ0) is 26.5. The Hall–Kier alpha value is -2.76.